The number of carbonyl (C=O) groups excluding carboxylic acids is 1. The molecule has 1 aliphatic rings. The lowest BCUT2D eigenvalue weighted by molar-refractivity contribution is -0.119. The Morgan fingerprint density at radius 1 is 1.28 bits per heavy atom. The van der Waals surface area contributed by atoms with E-state index in [1.165, 1.54) is 11.3 Å². The molecule has 2 N–H and O–H groups in total. The third-order valence-electron chi connectivity index (χ3n) is 2.77. The third kappa shape index (κ3) is 1.63. The van der Waals surface area contributed by atoms with Gasteiger partial charge in [0.2, 0.25) is 5.88 Å². The average molecular weight is 245 g/mol. The first-order valence-electron chi connectivity index (χ1n) is 5.53. The van der Waals surface area contributed by atoms with Gasteiger partial charge in [-0.15, -0.1) is 0 Å². The molecule has 1 aromatic heterocycles. The molecule has 18 heavy (non-hydrogen) atoms. The fourth-order valence-corrected chi connectivity index (χ4v) is 1.93. The van der Waals surface area contributed by atoms with Gasteiger partial charge in [-0.1, -0.05) is 23.4 Å². The Labute approximate surface area is 103 Å². The minimum absolute atomic E-state index is 0.0718. The summed E-state index contributed by atoms with van der Waals surface area (Å²) in [5, 5.41) is 4.93. The van der Waals surface area contributed by atoms with Crippen LogP contribution in [0, 0.1) is 0 Å². The van der Waals surface area contributed by atoms with Crippen LogP contribution in [0.2, 0.25) is 0 Å². The van der Waals surface area contributed by atoms with Crippen LogP contribution in [0.3, 0.4) is 0 Å². The van der Waals surface area contributed by atoms with Crippen molar-refractivity contribution in [2.45, 2.75) is 6.42 Å². The summed E-state index contributed by atoms with van der Waals surface area (Å²) >= 11 is 0. The van der Waals surface area contributed by atoms with E-state index >= 15 is 0 Å². The van der Waals surface area contributed by atoms with Crippen molar-refractivity contribution in [3.63, 3.8) is 0 Å². The number of para-hydroxylation sites is 1. The lowest BCUT2D eigenvalue weighted by Crippen LogP contribution is -2.22. The Kier molecular flexibility index (Phi) is 2.49. The molecule has 1 aliphatic heterocycles. The molecule has 1 aromatic carbocycles. The summed E-state index contributed by atoms with van der Waals surface area (Å²) in [5.74, 6) is 0.145. The van der Waals surface area contributed by atoms with Crippen molar-refractivity contribution in [1.29, 1.82) is 0 Å². The Bertz CT molecular complexity index is 594. The predicted molar refractivity (Wildman–Crippen MR) is 64.4 cm³/mol. The zero-order valence-corrected chi connectivity index (χ0v) is 9.50. The van der Waals surface area contributed by atoms with Crippen molar-refractivity contribution in [1.82, 2.24) is 5.16 Å². The molecule has 0 radical (unpaired) electrons. The number of hydrogen-bond donors (Lipinski definition) is 1. The van der Waals surface area contributed by atoms with Crippen molar-refractivity contribution in [3.8, 4) is 11.1 Å². The molecule has 2 aromatic rings. The van der Waals surface area contributed by atoms with E-state index in [4.69, 9.17) is 15.1 Å². The molecule has 2 heterocycles. The number of rotatable bonds is 2. The van der Waals surface area contributed by atoms with Crippen molar-refractivity contribution in [2.75, 3.05) is 17.4 Å². The number of nitrogen functional groups attached to an aromatic ring is 1. The number of hydroxylamine groups is 1. The normalized spacial score (nSPS) is 15.3. The van der Waals surface area contributed by atoms with E-state index in [2.05, 4.69) is 5.16 Å². The predicted octanol–water partition coefficient (Wildman–Crippen LogP) is 1.59. The van der Waals surface area contributed by atoms with Crippen LogP contribution in [0.1, 0.15) is 6.42 Å². The first kappa shape index (κ1) is 10.8. The standard InChI is InChI=1S/C12H11N3O3/c13-12-9(7-14-18-12)8-3-1-2-4-10(8)15-11(16)5-6-17-15/h1-4,7H,5-6,13H2. The second-order valence-corrected chi connectivity index (χ2v) is 3.89. The van der Waals surface area contributed by atoms with Gasteiger partial charge in [-0.2, -0.15) is 5.06 Å². The van der Waals surface area contributed by atoms with Crippen LogP contribution in [-0.2, 0) is 9.63 Å². The minimum atomic E-state index is -0.0718. The molecule has 1 saturated heterocycles. The van der Waals surface area contributed by atoms with Crippen LogP contribution in [0.25, 0.3) is 11.1 Å². The fourth-order valence-electron chi connectivity index (χ4n) is 1.93. The molecule has 1 amide bonds. The van der Waals surface area contributed by atoms with Gasteiger partial charge in [-0.05, 0) is 6.07 Å². The van der Waals surface area contributed by atoms with Crippen molar-refractivity contribution < 1.29 is 14.2 Å². The first-order valence-corrected chi connectivity index (χ1v) is 5.53. The number of amides is 1. The Balaban J connectivity index is 2.11. The summed E-state index contributed by atoms with van der Waals surface area (Å²) in [6.45, 7) is 0.395. The lowest BCUT2D eigenvalue weighted by Gasteiger charge is -2.17. The lowest BCUT2D eigenvalue weighted by atomic mass is 10.1. The minimum Gasteiger partial charge on any atom is -0.367 e. The molecular weight excluding hydrogens is 234 g/mol. The van der Waals surface area contributed by atoms with Crippen LogP contribution in [0.5, 0.6) is 0 Å². The van der Waals surface area contributed by atoms with Gasteiger partial charge < -0.3 is 10.3 Å². The van der Waals surface area contributed by atoms with E-state index in [1.807, 2.05) is 18.2 Å². The largest absolute Gasteiger partial charge is 0.367 e. The van der Waals surface area contributed by atoms with Gasteiger partial charge in [0.05, 0.1) is 30.5 Å². The molecule has 0 bridgehead atoms. The SMILES string of the molecule is Nc1oncc1-c1ccccc1N1OCCC1=O. The summed E-state index contributed by atoms with van der Waals surface area (Å²) in [7, 11) is 0. The third-order valence-corrected chi connectivity index (χ3v) is 2.77. The maximum absolute atomic E-state index is 11.7. The van der Waals surface area contributed by atoms with Gasteiger partial charge in [0, 0.05) is 5.56 Å². The zero-order valence-electron chi connectivity index (χ0n) is 9.50. The van der Waals surface area contributed by atoms with Crippen LogP contribution in [-0.4, -0.2) is 17.7 Å². The van der Waals surface area contributed by atoms with E-state index in [0.29, 0.717) is 24.3 Å². The monoisotopic (exact) mass is 245 g/mol. The van der Waals surface area contributed by atoms with Crippen molar-refractivity contribution in [2.24, 2.45) is 0 Å². The van der Waals surface area contributed by atoms with Crippen LogP contribution in [0.4, 0.5) is 11.6 Å². The number of benzene rings is 1. The summed E-state index contributed by atoms with van der Waals surface area (Å²) in [6, 6.07) is 7.32. The van der Waals surface area contributed by atoms with Crippen LogP contribution >= 0.6 is 0 Å². The van der Waals surface area contributed by atoms with E-state index in [9.17, 15) is 4.79 Å². The first-order chi connectivity index (χ1) is 8.77. The quantitative estimate of drug-likeness (QED) is 0.868. The smallest absolute Gasteiger partial charge is 0.253 e. The van der Waals surface area contributed by atoms with E-state index in [0.717, 1.165) is 5.56 Å². The van der Waals surface area contributed by atoms with E-state index in [1.54, 1.807) is 6.07 Å². The zero-order chi connectivity index (χ0) is 12.5. The molecule has 6 nitrogen and oxygen atoms in total. The second-order valence-electron chi connectivity index (χ2n) is 3.89. The maximum atomic E-state index is 11.7. The highest BCUT2D eigenvalue weighted by Crippen LogP contribution is 2.35. The van der Waals surface area contributed by atoms with Crippen molar-refractivity contribution in [3.05, 3.63) is 30.5 Å². The number of nitrogens with zero attached hydrogens (tertiary/aromatic N) is 2. The number of nitrogens with two attached hydrogens (primary N) is 1. The van der Waals surface area contributed by atoms with Gasteiger partial charge in [0.15, 0.2) is 0 Å². The molecule has 1 fully saturated rings. The topological polar surface area (TPSA) is 81.6 Å². The summed E-state index contributed by atoms with van der Waals surface area (Å²) in [5.41, 5.74) is 7.75. The van der Waals surface area contributed by atoms with Gasteiger partial charge in [0.1, 0.15) is 0 Å². The molecule has 92 valence electrons. The number of carbonyl (C=O) groups is 1. The number of aromatic nitrogens is 1. The molecule has 0 spiro atoms. The highest BCUT2D eigenvalue weighted by Gasteiger charge is 2.26. The molecular formula is C12H11N3O3. The fraction of sp³-hybridized carbons (Fsp3) is 0.167. The summed E-state index contributed by atoms with van der Waals surface area (Å²) in [6.07, 6.45) is 1.90. The molecule has 6 heteroatoms. The Hall–Kier alpha value is -2.34. The van der Waals surface area contributed by atoms with Gasteiger partial charge in [-0.3, -0.25) is 9.63 Å². The molecule has 0 aliphatic carbocycles. The van der Waals surface area contributed by atoms with Gasteiger partial charge in [-0.25, -0.2) is 0 Å². The Morgan fingerprint density at radius 2 is 2.11 bits per heavy atom. The molecule has 0 atom stereocenters. The van der Waals surface area contributed by atoms with Gasteiger partial charge in [0.25, 0.3) is 5.91 Å². The summed E-state index contributed by atoms with van der Waals surface area (Å²) < 4.78 is 4.85. The molecule has 0 saturated carbocycles. The molecule has 0 unspecified atom stereocenters. The number of anilines is 2. The Morgan fingerprint density at radius 3 is 2.78 bits per heavy atom. The summed E-state index contributed by atoms with van der Waals surface area (Å²) in [4.78, 5) is 17.0. The highest BCUT2D eigenvalue weighted by molar-refractivity contribution is 5.98. The van der Waals surface area contributed by atoms with E-state index < -0.39 is 0 Å². The van der Waals surface area contributed by atoms with Crippen LogP contribution in [0.15, 0.2) is 35.0 Å². The van der Waals surface area contributed by atoms with Crippen LogP contribution < -0.4 is 10.8 Å². The number of hydrogen-bond acceptors (Lipinski definition) is 5. The van der Waals surface area contributed by atoms with Crippen molar-refractivity contribution >= 4 is 17.5 Å². The van der Waals surface area contributed by atoms with E-state index in [-0.39, 0.29) is 11.8 Å². The maximum Gasteiger partial charge on any atom is 0.253 e. The highest BCUT2D eigenvalue weighted by atomic mass is 16.7. The second kappa shape index (κ2) is 4.15. The molecule has 3 rings (SSSR count). The average Bonchev–Trinajstić information content (AvgIpc) is 2.98. The van der Waals surface area contributed by atoms with Gasteiger partial charge >= 0.3 is 0 Å².